The molecule has 0 aliphatic rings. The number of aliphatic hydroxyl groups excluding tert-OH is 1. The van der Waals surface area contributed by atoms with Crippen molar-refractivity contribution in [3.8, 4) is 17.2 Å². The molecular weight excluding hydrogens is 338 g/mol. The third-order valence-electron chi connectivity index (χ3n) is 3.31. The zero-order valence-corrected chi connectivity index (χ0v) is 14.3. The van der Waals surface area contributed by atoms with Gasteiger partial charge < -0.3 is 24.4 Å². The summed E-state index contributed by atoms with van der Waals surface area (Å²) in [4.78, 5) is 10.4. The molecule has 0 aliphatic heterocycles. The van der Waals surface area contributed by atoms with E-state index in [9.17, 15) is 9.90 Å². The molecule has 0 bridgehead atoms. The molecule has 7 nitrogen and oxygen atoms in total. The van der Waals surface area contributed by atoms with Gasteiger partial charge in [0.05, 0.1) is 6.61 Å². The fourth-order valence-corrected chi connectivity index (χ4v) is 2.06. The van der Waals surface area contributed by atoms with Crippen LogP contribution in [0.3, 0.4) is 0 Å². The van der Waals surface area contributed by atoms with E-state index < -0.39 is 18.8 Å². The molecule has 3 N–H and O–H groups in total. The van der Waals surface area contributed by atoms with Crippen LogP contribution >= 0.6 is 0 Å². The lowest BCUT2D eigenvalue weighted by Gasteiger charge is -2.14. The zero-order chi connectivity index (χ0) is 18.6. The third-order valence-corrected chi connectivity index (χ3v) is 3.31. The molecule has 1 atom stereocenters. The fourth-order valence-electron chi connectivity index (χ4n) is 2.06. The molecule has 7 heteroatoms. The Hall–Kier alpha value is -2.77. The Morgan fingerprint density at radius 1 is 0.923 bits per heavy atom. The van der Waals surface area contributed by atoms with E-state index in [1.54, 1.807) is 24.3 Å². The Morgan fingerprint density at radius 2 is 1.54 bits per heavy atom. The van der Waals surface area contributed by atoms with E-state index in [2.05, 4.69) is 5.32 Å². The van der Waals surface area contributed by atoms with E-state index in [1.807, 2.05) is 30.3 Å². The quantitative estimate of drug-likeness (QED) is 0.392. The standard InChI is InChI=1S/C19H23NO6/c21-18(20-11-4-12-24-15-5-2-1-3-6-15)13-25-16-7-9-17(10-8-16)26-14-19(22)23/h1-3,5-10,18,20-21H,4,11-14H2,(H,22,23)/t18-/m0/s1. The summed E-state index contributed by atoms with van der Waals surface area (Å²) in [6, 6.07) is 16.1. The van der Waals surface area contributed by atoms with Gasteiger partial charge in [-0.25, -0.2) is 4.79 Å². The predicted molar refractivity (Wildman–Crippen MR) is 95.6 cm³/mol. The molecule has 0 saturated heterocycles. The van der Waals surface area contributed by atoms with Gasteiger partial charge in [-0.15, -0.1) is 0 Å². The fraction of sp³-hybridized carbons (Fsp3) is 0.316. The molecule has 140 valence electrons. The van der Waals surface area contributed by atoms with Crippen LogP contribution in [-0.2, 0) is 4.79 Å². The van der Waals surface area contributed by atoms with Gasteiger partial charge in [-0.2, -0.15) is 0 Å². The summed E-state index contributed by atoms with van der Waals surface area (Å²) in [5.74, 6) is 0.790. The lowest BCUT2D eigenvalue weighted by atomic mass is 10.3. The van der Waals surface area contributed by atoms with Crippen LogP contribution in [0, 0.1) is 0 Å². The summed E-state index contributed by atoms with van der Waals surface area (Å²) in [6.07, 6.45) is -0.0451. The Kier molecular flexibility index (Phi) is 8.25. The monoisotopic (exact) mass is 361 g/mol. The minimum absolute atomic E-state index is 0.0921. The van der Waals surface area contributed by atoms with Gasteiger partial charge in [0.2, 0.25) is 0 Å². The van der Waals surface area contributed by atoms with Crippen molar-refractivity contribution in [2.45, 2.75) is 12.6 Å². The highest BCUT2D eigenvalue weighted by Crippen LogP contribution is 2.17. The first-order valence-corrected chi connectivity index (χ1v) is 8.30. The third kappa shape index (κ3) is 7.87. The number of para-hydroxylation sites is 1. The molecule has 2 aromatic rings. The zero-order valence-electron chi connectivity index (χ0n) is 14.3. The first-order chi connectivity index (χ1) is 12.6. The van der Waals surface area contributed by atoms with Crippen LogP contribution in [0.2, 0.25) is 0 Å². The van der Waals surface area contributed by atoms with Crippen molar-refractivity contribution in [3.63, 3.8) is 0 Å². The lowest BCUT2D eigenvalue weighted by Crippen LogP contribution is -2.35. The molecule has 0 unspecified atom stereocenters. The van der Waals surface area contributed by atoms with E-state index in [0.717, 1.165) is 12.2 Å². The van der Waals surface area contributed by atoms with Crippen LogP contribution in [0.4, 0.5) is 0 Å². The normalized spacial score (nSPS) is 11.6. The highest BCUT2D eigenvalue weighted by molar-refractivity contribution is 5.68. The smallest absolute Gasteiger partial charge is 0.341 e. The van der Waals surface area contributed by atoms with E-state index in [0.29, 0.717) is 24.7 Å². The Balaban J connectivity index is 1.56. The Bertz CT molecular complexity index is 647. The van der Waals surface area contributed by atoms with Gasteiger partial charge in [0.1, 0.15) is 30.1 Å². The van der Waals surface area contributed by atoms with E-state index >= 15 is 0 Å². The van der Waals surface area contributed by atoms with Crippen LogP contribution < -0.4 is 19.5 Å². The Morgan fingerprint density at radius 3 is 2.19 bits per heavy atom. The van der Waals surface area contributed by atoms with Crippen molar-refractivity contribution in [2.24, 2.45) is 0 Å². The van der Waals surface area contributed by atoms with Crippen LogP contribution in [0.1, 0.15) is 6.42 Å². The molecule has 0 radical (unpaired) electrons. The maximum Gasteiger partial charge on any atom is 0.341 e. The number of carboxylic acids is 1. The summed E-state index contributed by atoms with van der Waals surface area (Å²) in [5.41, 5.74) is 0. The first kappa shape index (κ1) is 19.6. The summed E-state index contributed by atoms with van der Waals surface area (Å²) in [7, 11) is 0. The average Bonchev–Trinajstić information content (AvgIpc) is 2.66. The van der Waals surface area contributed by atoms with Crippen molar-refractivity contribution < 1.29 is 29.2 Å². The van der Waals surface area contributed by atoms with E-state index in [1.165, 1.54) is 0 Å². The topological polar surface area (TPSA) is 97.3 Å². The number of aliphatic carboxylic acids is 1. The highest BCUT2D eigenvalue weighted by Gasteiger charge is 2.05. The molecule has 0 aliphatic carbocycles. The number of carbonyl (C=O) groups is 1. The minimum Gasteiger partial charge on any atom is -0.494 e. The molecule has 0 amide bonds. The molecule has 26 heavy (non-hydrogen) atoms. The number of benzene rings is 2. The van der Waals surface area contributed by atoms with Crippen molar-refractivity contribution in [1.82, 2.24) is 5.32 Å². The number of hydrogen-bond acceptors (Lipinski definition) is 6. The maximum atomic E-state index is 10.4. The second-order valence-corrected chi connectivity index (χ2v) is 5.45. The molecule has 0 aromatic heterocycles. The van der Waals surface area contributed by atoms with Gasteiger partial charge in [0, 0.05) is 6.54 Å². The Labute approximate surface area is 152 Å². The molecule has 0 saturated carbocycles. The molecule has 2 aromatic carbocycles. The van der Waals surface area contributed by atoms with Crippen LogP contribution in [0.25, 0.3) is 0 Å². The number of nitrogens with one attached hydrogen (secondary N) is 1. The van der Waals surface area contributed by atoms with E-state index in [-0.39, 0.29) is 6.61 Å². The number of rotatable bonds is 12. The molecule has 0 spiro atoms. The highest BCUT2D eigenvalue weighted by atomic mass is 16.5. The number of hydrogen-bond donors (Lipinski definition) is 3. The summed E-state index contributed by atoms with van der Waals surface area (Å²) < 4.78 is 16.0. The summed E-state index contributed by atoms with van der Waals surface area (Å²) in [6.45, 7) is 0.855. The first-order valence-electron chi connectivity index (χ1n) is 8.30. The van der Waals surface area contributed by atoms with Gasteiger partial charge in [0.15, 0.2) is 6.61 Å². The van der Waals surface area contributed by atoms with Crippen LogP contribution in [-0.4, -0.2) is 48.8 Å². The second kappa shape index (κ2) is 11.0. The van der Waals surface area contributed by atoms with Gasteiger partial charge in [-0.05, 0) is 42.8 Å². The molecule has 0 fully saturated rings. The van der Waals surface area contributed by atoms with Crippen molar-refractivity contribution in [1.29, 1.82) is 0 Å². The SMILES string of the molecule is O=C(O)COc1ccc(OC[C@H](O)NCCCOc2ccccc2)cc1. The van der Waals surface area contributed by atoms with Gasteiger partial charge in [0.25, 0.3) is 0 Å². The minimum atomic E-state index is -1.03. The number of ether oxygens (including phenoxy) is 3. The molecule has 0 heterocycles. The van der Waals surface area contributed by atoms with Crippen molar-refractivity contribution in [3.05, 3.63) is 54.6 Å². The van der Waals surface area contributed by atoms with E-state index in [4.69, 9.17) is 19.3 Å². The van der Waals surface area contributed by atoms with Crippen LogP contribution in [0.15, 0.2) is 54.6 Å². The maximum absolute atomic E-state index is 10.4. The second-order valence-electron chi connectivity index (χ2n) is 5.45. The molecule has 2 rings (SSSR count). The van der Waals surface area contributed by atoms with Gasteiger partial charge in [-0.3, -0.25) is 5.32 Å². The summed E-state index contributed by atoms with van der Waals surface area (Å²) in [5, 5.41) is 21.3. The van der Waals surface area contributed by atoms with Crippen LogP contribution in [0.5, 0.6) is 17.2 Å². The van der Waals surface area contributed by atoms with Gasteiger partial charge >= 0.3 is 5.97 Å². The molecular formula is C19H23NO6. The van der Waals surface area contributed by atoms with Gasteiger partial charge in [-0.1, -0.05) is 18.2 Å². The predicted octanol–water partition coefficient (Wildman–Crippen LogP) is 1.91. The number of aliphatic hydroxyl groups is 1. The largest absolute Gasteiger partial charge is 0.494 e. The average molecular weight is 361 g/mol. The van der Waals surface area contributed by atoms with Crippen molar-refractivity contribution >= 4 is 5.97 Å². The summed E-state index contributed by atoms with van der Waals surface area (Å²) >= 11 is 0. The van der Waals surface area contributed by atoms with Crippen molar-refractivity contribution in [2.75, 3.05) is 26.4 Å². The number of carboxylic acid groups (broad SMARTS) is 1. The lowest BCUT2D eigenvalue weighted by molar-refractivity contribution is -0.139.